The number of alkyl halides is 3. The van der Waals surface area contributed by atoms with E-state index in [0.29, 0.717) is 27.3 Å². The Bertz CT molecular complexity index is 1170. The first-order valence-electron chi connectivity index (χ1n) is 10.2. The molecule has 0 saturated heterocycles. The van der Waals surface area contributed by atoms with E-state index in [1.165, 1.54) is 24.3 Å². The van der Waals surface area contributed by atoms with E-state index in [1.54, 1.807) is 10.8 Å². The number of imidazole rings is 1. The van der Waals surface area contributed by atoms with Crippen LogP contribution in [0.25, 0.3) is 0 Å². The van der Waals surface area contributed by atoms with Gasteiger partial charge in [0.25, 0.3) is 0 Å². The predicted octanol–water partition coefficient (Wildman–Crippen LogP) is 7.84. The fourth-order valence-corrected chi connectivity index (χ4v) is 5.08. The molecule has 3 aromatic rings. The van der Waals surface area contributed by atoms with Gasteiger partial charge < -0.3 is 9.30 Å². The van der Waals surface area contributed by atoms with E-state index in [1.807, 2.05) is 22.6 Å². The predicted molar refractivity (Wildman–Crippen MR) is 136 cm³/mol. The molecule has 0 saturated carbocycles. The summed E-state index contributed by atoms with van der Waals surface area (Å²) in [5.41, 5.74) is -0.304. The molecular formula is C22H22Cl2F4IN3OSi. The van der Waals surface area contributed by atoms with E-state index in [0.717, 1.165) is 12.2 Å². The van der Waals surface area contributed by atoms with Crippen LogP contribution in [-0.2, 0) is 17.6 Å². The maximum absolute atomic E-state index is 13.9. The smallest absolute Gasteiger partial charge is 0.361 e. The monoisotopic (exact) mass is 645 g/mol. The number of pyridine rings is 1. The zero-order valence-corrected chi connectivity index (χ0v) is 23.2. The number of nitrogens with zero attached hydrogens (tertiary/aromatic N) is 3. The van der Waals surface area contributed by atoms with Gasteiger partial charge in [0.1, 0.15) is 22.1 Å². The first kappa shape index (κ1) is 27.4. The Labute approximate surface area is 219 Å². The Morgan fingerprint density at radius 2 is 1.79 bits per heavy atom. The van der Waals surface area contributed by atoms with Gasteiger partial charge in [-0.2, -0.15) is 13.2 Å². The van der Waals surface area contributed by atoms with Crippen LogP contribution in [0.3, 0.4) is 0 Å². The second-order valence-corrected chi connectivity index (χ2v) is 16.5. The van der Waals surface area contributed by atoms with Crippen molar-refractivity contribution in [2.75, 3.05) is 6.61 Å². The Balaban J connectivity index is 2.06. The molecule has 1 atom stereocenters. The minimum absolute atomic E-state index is 0.118. The average molecular weight is 646 g/mol. The molecule has 184 valence electrons. The first-order chi connectivity index (χ1) is 15.8. The molecule has 0 aliphatic rings. The number of ether oxygens (including phenoxy) is 1. The molecule has 0 bridgehead atoms. The average Bonchev–Trinajstić information content (AvgIpc) is 3.06. The molecule has 0 amide bonds. The number of benzene rings is 1. The van der Waals surface area contributed by atoms with Gasteiger partial charge in [-0.05, 0) is 58.0 Å². The molecule has 0 aliphatic heterocycles. The lowest BCUT2D eigenvalue weighted by Crippen LogP contribution is -2.22. The lowest BCUT2D eigenvalue weighted by molar-refractivity contribution is -0.141. The summed E-state index contributed by atoms with van der Waals surface area (Å²) in [6, 6.07) is 6.31. The molecule has 12 heteroatoms. The van der Waals surface area contributed by atoms with Crippen molar-refractivity contribution >= 4 is 53.9 Å². The minimum Gasteiger partial charge on any atom is -0.361 e. The standard InChI is InChI=1S/C22H22Cl2F4IN3OSi/c1-34(2,3)7-6-33-12-32-11-18(29)31-21(32)19(13-4-5-17(25)15(23)8-13)14-9-16(24)20(30-10-14)22(26,27)28/h4-5,8-11,19H,6-7,12H2,1-3H3. The summed E-state index contributed by atoms with van der Waals surface area (Å²) in [5.74, 6) is -0.840. The van der Waals surface area contributed by atoms with Crippen LogP contribution < -0.4 is 0 Å². The zero-order valence-electron chi connectivity index (χ0n) is 18.6. The highest BCUT2D eigenvalue weighted by Crippen LogP contribution is 2.38. The molecular weight excluding hydrogens is 624 g/mol. The van der Waals surface area contributed by atoms with E-state index in [9.17, 15) is 17.6 Å². The Morgan fingerprint density at radius 3 is 2.38 bits per heavy atom. The number of aromatic nitrogens is 3. The maximum Gasteiger partial charge on any atom is 0.434 e. The van der Waals surface area contributed by atoms with Gasteiger partial charge in [-0.15, -0.1) is 0 Å². The summed E-state index contributed by atoms with van der Waals surface area (Å²) in [7, 11) is -1.29. The molecule has 0 N–H and O–H groups in total. The van der Waals surface area contributed by atoms with Crippen LogP contribution in [0.4, 0.5) is 17.6 Å². The topological polar surface area (TPSA) is 39.9 Å². The van der Waals surface area contributed by atoms with Crippen molar-refractivity contribution in [3.63, 3.8) is 0 Å². The number of halogens is 7. The van der Waals surface area contributed by atoms with Crippen molar-refractivity contribution in [2.24, 2.45) is 0 Å². The first-order valence-corrected chi connectivity index (χ1v) is 15.8. The highest BCUT2D eigenvalue weighted by Gasteiger charge is 2.36. The molecule has 0 radical (unpaired) electrons. The van der Waals surface area contributed by atoms with Crippen LogP contribution in [0.15, 0.2) is 36.7 Å². The molecule has 0 fully saturated rings. The quantitative estimate of drug-likeness (QED) is 0.108. The fraction of sp³-hybridized carbons (Fsp3) is 0.364. The van der Waals surface area contributed by atoms with Gasteiger partial charge in [-0.1, -0.05) is 48.9 Å². The normalized spacial score (nSPS) is 13.4. The second kappa shape index (κ2) is 10.8. The van der Waals surface area contributed by atoms with Crippen LogP contribution in [0, 0.1) is 9.52 Å². The lowest BCUT2D eigenvalue weighted by Gasteiger charge is -2.21. The molecule has 0 spiro atoms. The van der Waals surface area contributed by atoms with Gasteiger partial charge in [0.15, 0.2) is 5.69 Å². The molecule has 1 aromatic carbocycles. The van der Waals surface area contributed by atoms with Crippen molar-refractivity contribution in [1.29, 1.82) is 0 Å². The molecule has 1 unspecified atom stereocenters. The number of hydrogen-bond donors (Lipinski definition) is 0. The van der Waals surface area contributed by atoms with Gasteiger partial charge in [-0.25, -0.2) is 9.37 Å². The van der Waals surface area contributed by atoms with Crippen molar-refractivity contribution in [3.05, 3.63) is 78.9 Å². The van der Waals surface area contributed by atoms with Crippen molar-refractivity contribution in [3.8, 4) is 0 Å². The summed E-state index contributed by atoms with van der Waals surface area (Å²) in [6.07, 6.45) is -1.81. The molecule has 2 aromatic heterocycles. The minimum atomic E-state index is -4.69. The SMILES string of the molecule is C[Si](C)(C)CCOCn1cc(I)nc1C(c1ccc(F)c(Cl)c1)c1cnc(C(F)(F)F)c(Cl)c1. The van der Waals surface area contributed by atoms with Crippen LogP contribution >= 0.6 is 45.8 Å². The van der Waals surface area contributed by atoms with Crippen LogP contribution in [-0.4, -0.2) is 29.2 Å². The van der Waals surface area contributed by atoms with Crippen molar-refractivity contribution < 1.29 is 22.3 Å². The van der Waals surface area contributed by atoms with E-state index in [2.05, 4.69) is 29.6 Å². The van der Waals surface area contributed by atoms with Gasteiger partial charge in [0.05, 0.1) is 16.0 Å². The summed E-state index contributed by atoms with van der Waals surface area (Å²) in [6.45, 7) is 7.51. The van der Waals surface area contributed by atoms with Crippen molar-refractivity contribution in [2.45, 2.75) is 44.5 Å². The Kier molecular flexibility index (Phi) is 8.71. The van der Waals surface area contributed by atoms with Crippen LogP contribution in [0.2, 0.25) is 35.7 Å². The lowest BCUT2D eigenvalue weighted by atomic mass is 9.91. The van der Waals surface area contributed by atoms with E-state index in [4.69, 9.17) is 27.9 Å². The Hall–Kier alpha value is -1.21. The van der Waals surface area contributed by atoms with Crippen molar-refractivity contribution in [1.82, 2.24) is 14.5 Å². The third kappa shape index (κ3) is 6.93. The molecule has 34 heavy (non-hydrogen) atoms. The second-order valence-electron chi connectivity index (χ2n) is 8.94. The maximum atomic E-state index is 13.9. The van der Waals surface area contributed by atoms with Crippen LogP contribution in [0.5, 0.6) is 0 Å². The number of rotatable bonds is 8. The van der Waals surface area contributed by atoms with Gasteiger partial charge in [0.2, 0.25) is 0 Å². The highest BCUT2D eigenvalue weighted by molar-refractivity contribution is 14.1. The third-order valence-corrected chi connectivity index (χ3v) is 7.81. The summed E-state index contributed by atoms with van der Waals surface area (Å²) >= 11 is 14.0. The van der Waals surface area contributed by atoms with E-state index in [-0.39, 0.29) is 11.8 Å². The molecule has 0 aliphatic carbocycles. The van der Waals surface area contributed by atoms with E-state index >= 15 is 0 Å². The Morgan fingerprint density at radius 1 is 1.12 bits per heavy atom. The molecule has 4 nitrogen and oxygen atoms in total. The summed E-state index contributed by atoms with van der Waals surface area (Å²) < 4.78 is 61.8. The third-order valence-electron chi connectivity index (χ3n) is 5.00. The molecule has 3 rings (SSSR count). The summed E-state index contributed by atoms with van der Waals surface area (Å²) in [5, 5.41) is -0.657. The fourth-order valence-electron chi connectivity index (χ4n) is 3.27. The molecule has 2 heterocycles. The van der Waals surface area contributed by atoms with Gasteiger partial charge in [0, 0.05) is 27.1 Å². The summed E-state index contributed by atoms with van der Waals surface area (Å²) in [4.78, 5) is 8.16. The van der Waals surface area contributed by atoms with Crippen LogP contribution in [0.1, 0.15) is 28.6 Å². The number of hydrogen-bond acceptors (Lipinski definition) is 3. The van der Waals surface area contributed by atoms with E-state index < -0.39 is 36.7 Å². The van der Waals surface area contributed by atoms with Gasteiger partial charge >= 0.3 is 6.18 Å². The highest BCUT2D eigenvalue weighted by atomic mass is 127. The largest absolute Gasteiger partial charge is 0.434 e. The van der Waals surface area contributed by atoms with Gasteiger partial charge in [-0.3, -0.25) is 4.98 Å². The zero-order chi connectivity index (χ0) is 25.3.